The molecule has 0 aromatic heterocycles. The van der Waals surface area contributed by atoms with Crippen LogP contribution in [0.5, 0.6) is 5.75 Å². The lowest BCUT2D eigenvalue weighted by atomic mass is 10.2. The molecule has 0 saturated carbocycles. The highest BCUT2D eigenvalue weighted by Gasteiger charge is 2.26. The van der Waals surface area contributed by atoms with Gasteiger partial charge in [-0.15, -0.1) is 0 Å². The Labute approximate surface area is 101 Å². The second-order valence-corrected chi connectivity index (χ2v) is 5.11. The molecule has 0 aliphatic carbocycles. The largest absolute Gasteiger partial charge is 0.491 e. The summed E-state index contributed by atoms with van der Waals surface area (Å²) in [7, 11) is -3.82. The van der Waals surface area contributed by atoms with Gasteiger partial charge in [0.2, 0.25) is 0 Å². The van der Waals surface area contributed by atoms with Crippen LogP contribution in [-0.2, 0) is 18.8 Å². The molecule has 6 heteroatoms. The molecule has 0 amide bonds. The SMILES string of the molecule is Cc1ccc(OCC2CCOS(=O)(=O)O2)cc1. The molecule has 17 heavy (non-hydrogen) atoms. The third-order valence-corrected chi connectivity index (χ3v) is 3.34. The molecular formula is C11H14O5S. The molecule has 0 bridgehead atoms. The first-order valence-electron chi connectivity index (χ1n) is 5.32. The maximum atomic E-state index is 11.0. The van der Waals surface area contributed by atoms with E-state index < -0.39 is 16.5 Å². The molecule has 0 N–H and O–H groups in total. The molecule has 1 unspecified atom stereocenters. The van der Waals surface area contributed by atoms with E-state index in [0.717, 1.165) is 5.56 Å². The molecule has 1 heterocycles. The Bertz CT molecular complexity index is 465. The summed E-state index contributed by atoms with van der Waals surface area (Å²) in [6.07, 6.45) is 0.0282. The van der Waals surface area contributed by atoms with E-state index in [2.05, 4.69) is 4.18 Å². The van der Waals surface area contributed by atoms with Gasteiger partial charge in [-0.2, -0.15) is 8.42 Å². The van der Waals surface area contributed by atoms with Crippen LogP contribution < -0.4 is 4.74 Å². The third kappa shape index (κ3) is 3.69. The van der Waals surface area contributed by atoms with Gasteiger partial charge in [-0.1, -0.05) is 17.7 Å². The number of ether oxygens (including phenoxy) is 1. The summed E-state index contributed by atoms with van der Waals surface area (Å²) in [6.45, 7) is 2.33. The van der Waals surface area contributed by atoms with Gasteiger partial charge in [0.05, 0.1) is 6.61 Å². The zero-order chi connectivity index (χ0) is 12.3. The zero-order valence-electron chi connectivity index (χ0n) is 9.46. The topological polar surface area (TPSA) is 61.8 Å². The van der Waals surface area contributed by atoms with E-state index >= 15 is 0 Å². The Morgan fingerprint density at radius 1 is 1.35 bits per heavy atom. The molecule has 1 fully saturated rings. The van der Waals surface area contributed by atoms with E-state index in [1.807, 2.05) is 31.2 Å². The van der Waals surface area contributed by atoms with Crippen LogP contribution in [0.2, 0.25) is 0 Å². The van der Waals surface area contributed by atoms with Crippen LogP contribution in [0.15, 0.2) is 24.3 Å². The predicted molar refractivity (Wildman–Crippen MR) is 61.0 cm³/mol. The Morgan fingerprint density at radius 3 is 2.71 bits per heavy atom. The zero-order valence-corrected chi connectivity index (χ0v) is 10.3. The van der Waals surface area contributed by atoms with Crippen molar-refractivity contribution in [3.8, 4) is 5.75 Å². The van der Waals surface area contributed by atoms with Gasteiger partial charge in [0.15, 0.2) is 0 Å². The number of hydrogen-bond acceptors (Lipinski definition) is 5. The molecule has 2 rings (SSSR count). The number of aryl methyl sites for hydroxylation is 1. The smallest absolute Gasteiger partial charge is 0.400 e. The summed E-state index contributed by atoms with van der Waals surface area (Å²) >= 11 is 0. The summed E-state index contributed by atoms with van der Waals surface area (Å²) in [5, 5.41) is 0. The van der Waals surface area contributed by atoms with Gasteiger partial charge in [0.1, 0.15) is 18.5 Å². The van der Waals surface area contributed by atoms with Gasteiger partial charge in [0, 0.05) is 6.42 Å². The van der Waals surface area contributed by atoms with E-state index in [4.69, 9.17) is 8.92 Å². The second kappa shape index (κ2) is 5.03. The lowest BCUT2D eigenvalue weighted by Gasteiger charge is -2.21. The minimum atomic E-state index is -3.82. The van der Waals surface area contributed by atoms with Crippen LogP contribution in [0, 0.1) is 6.92 Å². The molecule has 1 aliphatic heterocycles. The fourth-order valence-corrected chi connectivity index (χ4v) is 2.30. The average Bonchev–Trinajstić information content (AvgIpc) is 2.27. The van der Waals surface area contributed by atoms with Crippen molar-refractivity contribution >= 4 is 10.4 Å². The number of hydrogen-bond donors (Lipinski definition) is 0. The summed E-state index contributed by atoms with van der Waals surface area (Å²) < 4.78 is 36.7. The summed E-state index contributed by atoms with van der Waals surface area (Å²) in [5.74, 6) is 0.697. The lowest BCUT2D eigenvalue weighted by Crippen LogP contribution is -2.32. The first-order chi connectivity index (χ1) is 8.05. The fraction of sp³-hybridized carbons (Fsp3) is 0.455. The average molecular weight is 258 g/mol. The molecule has 1 atom stereocenters. The molecule has 1 aliphatic rings. The van der Waals surface area contributed by atoms with Crippen molar-refractivity contribution < 1.29 is 21.5 Å². The van der Waals surface area contributed by atoms with Gasteiger partial charge in [-0.05, 0) is 19.1 Å². The predicted octanol–water partition coefficient (Wildman–Crippen LogP) is 1.42. The third-order valence-electron chi connectivity index (χ3n) is 2.38. The van der Waals surface area contributed by atoms with Crippen LogP contribution in [0.3, 0.4) is 0 Å². The summed E-state index contributed by atoms with van der Waals surface area (Å²) in [5.41, 5.74) is 1.14. The van der Waals surface area contributed by atoms with Gasteiger partial charge in [-0.3, -0.25) is 0 Å². The molecule has 94 valence electrons. The highest BCUT2D eigenvalue weighted by atomic mass is 32.3. The molecule has 0 spiro atoms. The normalized spacial score (nSPS) is 23.2. The molecule has 1 saturated heterocycles. The van der Waals surface area contributed by atoms with Crippen molar-refractivity contribution in [1.29, 1.82) is 0 Å². The molecule has 5 nitrogen and oxygen atoms in total. The standard InChI is InChI=1S/C11H14O5S/c1-9-2-4-10(5-3-9)14-8-11-6-7-15-17(12,13)16-11/h2-5,11H,6-8H2,1H3. The van der Waals surface area contributed by atoms with Crippen molar-refractivity contribution in [3.05, 3.63) is 29.8 Å². The van der Waals surface area contributed by atoms with Crippen LogP contribution in [0.4, 0.5) is 0 Å². The van der Waals surface area contributed by atoms with E-state index in [1.54, 1.807) is 0 Å². The van der Waals surface area contributed by atoms with Crippen LogP contribution in [0.25, 0.3) is 0 Å². The molecular weight excluding hydrogens is 244 g/mol. The summed E-state index contributed by atoms with van der Waals surface area (Å²) in [4.78, 5) is 0. The van der Waals surface area contributed by atoms with E-state index in [0.29, 0.717) is 12.2 Å². The highest BCUT2D eigenvalue weighted by molar-refractivity contribution is 7.81. The van der Waals surface area contributed by atoms with Crippen LogP contribution in [0.1, 0.15) is 12.0 Å². The molecule has 1 aromatic rings. The first kappa shape index (κ1) is 12.3. The van der Waals surface area contributed by atoms with Gasteiger partial charge < -0.3 is 4.74 Å². The molecule has 0 radical (unpaired) electrons. The summed E-state index contributed by atoms with van der Waals surface area (Å²) in [6, 6.07) is 7.53. The van der Waals surface area contributed by atoms with Gasteiger partial charge in [0.25, 0.3) is 0 Å². The lowest BCUT2D eigenvalue weighted by molar-refractivity contribution is 0.0572. The van der Waals surface area contributed by atoms with Crippen molar-refractivity contribution in [2.75, 3.05) is 13.2 Å². The Morgan fingerprint density at radius 2 is 2.06 bits per heavy atom. The van der Waals surface area contributed by atoms with Crippen molar-refractivity contribution in [2.45, 2.75) is 19.4 Å². The van der Waals surface area contributed by atoms with E-state index in [1.165, 1.54) is 0 Å². The minimum Gasteiger partial charge on any atom is -0.491 e. The fourth-order valence-electron chi connectivity index (χ4n) is 1.46. The monoisotopic (exact) mass is 258 g/mol. The minimum absolute atomic E-state index is 0.143. The van der Waals surface area contributed by atoms with Gasteiger partial charge >= 0.3 is 10.4 Å². The number of rotatable bonds is 3. The van der Waals surface area contributed by atoms with Crippen molar-refractivity contribution in [1.82, 2.24) is 0 Å². The maximum Gasteiger partial charge on any atom is 0.400 e. The van der Waals surface area contributed by atoms with Gasteiger partial charge in [-0.25, -0.2) is 8.37 Å². The van der Waals surface area contributed by atoms with Crippen molar-refractivity contribution in [3.63, 3.8) is 0 Å². The molecule has 1 aromatic carbocycles. The number of benzene rings is 1. The van der Waals surface area contributed by atoms with E-state index in [9.17, 15) is 8.42 Å². The Hall–Kier alpha value is -1.11. The Balaban J connectivity index is 1.88. The van der Waals surface area contributed by atoms with Crippen LogP contribution in [-0.4, -0.2) is 27.7 Å². The first-order valence-corrected chi connectivity index (χ1v) is 6.66. The second-order valence-electron chi connectivity index (χ2n) is 3.86. The highest BCUT2D eigenvalue weighted by Crippen LogP contribution is 2.16. The van der Waals surface area contributed by atoms with Crippen molar-refractivity contribution in [2.24, 2.45) is 0 Å². The van der Waals surface area contributed by atoms with E-state index in [-0.39, 0.29) is 13.2 Å². The Kier molecular flexibility index (Phi) is 3.66. The maximum absolute atomic E-state index is 11.0. The van der Waals surface area contributed by atoms with Crippen LogP contribution >= 0.6 is 0 Å². The quantitative estimate of drug-likeness (QED) is 0.820.